The first-order valence-electron chi connectivity index (χ1n) is 14.7. The lowest BCUT2D eigenvalue weighted by Gasteiger charge is -2.39. The van der Waals surface area contributed by atoms with Crippen LogP contribution >= 0.6 is 0 Å². The normalized spacial score (nSPS) is 18.7. The third-order valence-corrected chi connectivity index (χ3v) is 7.81. The van der Waals surface area contributed by atoms with Gasteiger partial charge in [0.1, 0.15) is 0 Å². The predicted octanol–water partition coefficient (Wildman–Crippen LogP) is 6.34. The Morgan fingerprint density at radius 2 is 1.70 bits per heavy atom. The summed E-state index contributed by atoms with van der Waals surface area (Å²) in [5.74, 6) is -0.255. The Morgan fingerprint density at radius 1 is 1.02 bits per heavy atom. The van der Waals surface area contributed by atoms with E-state index in [9.17, 15) is 36.2 Å². The highest BCUT2D eigenvalue weighted by Gasteiger charge is 2.39. The van der Waals surface area contributed by atoms with Crippen molar-refractivity contribution in [1.29, 1.82) is 0 Å². The zero-order valence-electron chi connectivity index (χ0n) is 25.0. The number of aromatic nitrogens is 3. The van der Waals surface area contributed by atoms with Gasteiger partial charge in [0.05, 0.1) is 65.9 Å². The van der Waals surface area contributed by atoms with Gasteiger partial charge in [0.25, 0.3) is 0 Å². The lowest BCUT2D eigenvalue weighted by atomic mass is 9.93. The summed E-state index contributed by atoms with van der Waals surface area (Å²) in [4.78, 5) is 29.5. The van der Waals surface area contributed by atoms with Crippen molar-refractivity contribution < 1.29 is 45.7 Å². The summed E-state index contributed by atoms with van der Waals surface area (Å²) in [5, 5.41) is 13.4. The number of benzene rings is 1. The van der Waals surface area contributed by atoms with Crippen LogP contribution in [0.5, 0.6) is 5.88 Å². The van der Waals surface area contributed by atoms with Crippen LogP contribution in [0.2, 0.25) is 0 Å². The summed E-state index contributed by atoms with van der Waals surface area (Å²) in [6, 6.07) is 3.40. The van der Waals surface area contributed by atoms with Gasteiger partial charge < -0.3 is 24.8 Å². The molecule has 3 aromatic rings. The monoisotopic (exact) mass is 654 g/mol. The number of carbonyl (C=O) groups is 1. The van der Waals surface area contributed by atoms with E-state index in [1.165, 1.54) is 17.2 Å². The summed E-state index contributed by atoms with van der Waals surface area (Å²) < 4.78 is 92.4. The van der Waals surface area contributed by atoms with Crippen molar-refractivity contribution in [1.82, 2.24) is 15.0 Å². The smallest absolute Gasteiger partial charge is 0.416 e. The number of nitrogens with zero attached hydrogens (tertiary/aromatic N) is 5. The Bertz CT molecular complexity index is 1530. The van der Waals surface area contributed by atoms with Crippen LogP contribution in [0.4, 0.5) is 48.5 Å². The number of alkyl halides is 6. The standard InChI is InChI=1S/C30H32F6N6O4/c1-3-20-15-22(26-23(5-6-25(43)40-26)42(20)28(44)46-4-2)39-27-37-16-24(41-7-9-45-10-8-41)21(38-27)13-17-11-18(29(31,32)33)14-19(12-17)30(34,35)36/h5-6,11-12,14,16,20,22H,3-4,7-10,13,15H2,1-2H3,(H,40,43)(H,37,38,39)/t20-,22+/m1/s1. The number of hydrogen-bond donors (Lipinski definition) is 2. The molecule has 1 amide bonds. The molecule has 2 atom stereocenters. The predicted molar refractivity (Wildman–Crippen MR) is 155 cm³/mol. The molecule has 2 aromatic heterocycles. The van der Waals surface area contributed by atoms with E-state index in [2.05, 4.69) is 20.3 Å². The van der Waals surface area contributed by atoms with Crippen molar-refractivity contribution in [3.63, 3.8) is 0 Å². The summed E-state index contributed by atoms with van der Waals surface area (Å²) in [7, 11) is 0. The van der Waals surface area contributed by atoms with Crippen molar-refractivity contribution in [2.24, 2.45) is 0 Å². The van der Waals surface area contributed by atoms with Gasteiger partial charge >= 0.3 is 18.4 Å². The van der Waals surface area contributed by atoms with E-state index >= 15 is 0 Å². The molecule has 0 saturated carbocycles. The fraction of sp³-hybridized carbons (Fsp3) is 0.467. The summed E-state index contributed by atoms with van der Waals surface area (Å²) in [5.41, 5.74) is -1.70. The molecule has 2 aliphatic rings. The van der Waals surface area contributed by atoms with Crippen molar-refractivity contribution in [3.8, 4) is 5.88 Å². The first-order chi connectivity index (χ1) is 21.8. The van der Waals surface area contributed by atoms with E-state index in [4.69, 9.17) is 9.47 Å². The number of carbonyl (C=O) groups excluding carboxylic acids is 1. The number of morpholine rings is 1. The number of nitrogens with one attached hydrogen (secondary N) is 1. The second kappa shape index (κ2) is 13.2. The lowest BCUT2D eigenvalue weighted by molar-refractivity contribution is -0.143. The van der Waals surface area contributed by atoms with Crippen LogP contribution < -0.4 is 15.1 Å². The van der Waals surface area contributed by atoms with E-state index in [-0.39, 0.29) is 48.2 Å². The highest BCUT2D eigenvalue weighted by Crippen LogP contribution is 2.41. The van der Waals surface area contributed by atoms with Gasteiger partial charge in [0.2, 0.25) is 11.8 Å². The Balaban J connectivity index is 1.54. The molecule has 0 radical (unpaired) electrons. The van der Waals surface area contributed by atoms with Gasteiger partial charge in [-0.1, -0.05) is 6.92 Å². The molecular weight excluding hydrogens is 622 g/mol. The molecule has 1 saturated heterocycles. The second-order valence-electron chi connectivity index (χ2n) is 10.9. The topological polar surface area (TPSA) is 113 Å². The molecule has 0 bridgehead atoms. The molecule has 2 aliphatic heterocycles. The lowest BCUT2D eigenvalue weighted by Crippen LogP contribution is -2.46. The largest absolute Gasteiger partial charge is 0.493 e. The summed E-state index contributed by atoms with van der Waals surface area (Å²) in [6.45, 7) is 5.29. The molecule has 0 unspecified atom stereocenters. The van der Waals surface area contributed by atoms with Crippen LogP contribution in [0.1, 0.15) is 60.8 Å². The highest BCUT2D eigenvalue weighted by molar-refractivity contribution is 5.90. The number of hydrogen-bond acceptors (Lipinski definition) is 9. The molecule has 5 rings (SSSR count). The van der Waals surface area contributed by atoms with Gasteiger partial charge in [-0.3, -0.25) is 4.90 Å². The zero-order valence-corrected chi connectivity index (χ0v) is 25.0. The van der Waals surface area contributed by atoms with Crippen LogP contribution in [0.25, 0.3) is 0 Å². The quantitative estimate of drug-likeness (QED) is 0.282. The molecular formula is C30H32F6N6O4. The molecule has 1 fully saturated rings. The minimum absolute atomic E-state index is 0.0376. The Hall–Kier alpha value is -4.34. The Morgan fingerprint density at radius 3 is 2.30 bits per heavy atom. The van der Waals surface area contributed by atoms with Crippen molar-refractivity contribution in [2.45, 2.75) is 57.5 Å². The molecule has 248 valence electrons. The Kier molecular flexibility index (Phi) is 9.47. The van der Waals surface area contributed by atoms with Gasteiger partial charge in [-0.2, -0.15) is 26.3 Å². The van der Waals surface area contributed by atoms with Crippen LogP contribution in [-0.4, -0.2) is 65.1 Å². The SMILES string of the molecule is CCOC(=O)N1c2ccc(O)nc2[C@@H](Nc2ncc(N3CCOCC3)c(Cc3cc(C(F)(F)F)cc(C(F)(F)F)c3)n2)C[C@H]1CC. The number of ether oxygens (including phenoxy) is 2. The van der Waals surface area contributed by atoms with Crippen LogP contribution in [0.3, 0.4) is 0 Å². The van der Waals surface area contributed by atoms with E-state index < -0.39 is 35.6 Å². The summed E-state index contributed by atoms with van der Waals surface area (Å²) >= 11 is 0. The molecule has 16 heteroatoms. The molecule has 4 heterocycles. The first kappa shape index (κ1) is 33.0. The number of amides is 1. The van der Waals surface area contributed by atoms with E-state index in [0.29, 0.717) is 68.3 Å². The van der Waals surface area contributed by atoms with Gasteiger partial charge in [-0.25, -0.2) is 19.7 Å². The molecule has 46 heavy (non-hydrogen) atoms. The van der Waals surface area contributed by atoms with E-state index in [1.807, 2.05) is 11.8 Å². The third kappa shape index (κ3) is 7.21. The fourth-order valence-electron chi connectivity index (χ4n) is 5.67. The fourth-order valence-corrected chi connectivity index (χ4v) is 5.67. The van der Waals surface area contributed by atoms with Gasteiger partial charge in [-0.15, -0.1) is 0 Å². The van der Waals surface area contributed by atoms with Crippen LogP contribution in [-0.2, 0) is 28.2 Å². The summed E-state index contributed by atoms with van der Waals surface area (Å²) in [6.07, 6.45) is -8.61. The molecule has 0 aliphatic carbocycles. The zero-order chi connectivity index (χ0) is 33.2. The van der Waals surface area contributed by atoms with E-state index in [0.717, 1.165) is 0 Å². The van der Waals surface area contributed by atoms with Crippen molar-refractivity contribution in [3.05, 3.63) is 64.6 Å². The number of anilines is 3. The van der Waals surface area contributed by atoms with Crippen LogP contribution in [0.15, 0.2) is 36.5 Å². The van der Waals surface area contributed by atoms with Gasteiger partial charge in [0, 0.05) is 31.6 Å². The minimum Gasteiger partial charge on any atom is -0.493 e. The highest BCUT2D eigenvalue weighted by atomic mass is 19.4. The molecule has 0 spiro atoms. The minimum atomic E-state index is -5.00. The number of pyridine rings is 1. The Labute approximate surface area is 260 Å². The van der Waals surface area contributed by atoms with Gasteiger partial charge in [-0.05, 0) is 49.6 Å². The molecule has 1 aromatic carbocycles. The number of rotatable bonds is 7. The van der Waals surface area contributed by atoms with Crippen LogP contribution in [0, 0.1) is 0 Å². The average Bonchev–Trinajstić information content (AvgIpc) is 3.00. The number of fused-ring (bicyclic) bond motifs is 1. The third-order valence-electron chi connectivity index (χ3n) is 7.81. The number of halogens is 6. The van der Waals surface area contributed by atoms with E-state index in [1.54, 1.807) is 13.0 Å². The second-order valence-corrected chi connectivity index (χ2v) is 10.9. The van der Waals surface area contributed by atoms with Crippen molar-refractivity contribution >= 4 is 23.4 Å². The maximum Gasteiger partial charge on any atom is 0.416 e. The molecule has 10 nitrogen and oxygen atoms in total. The molecule has 2 N–H and O–H groups in total. The van der Waals surface area contributed by atoms with Crippen molar-refractivity contribution in [2.75, 3.05) is 48.0 Å². The average molecular weight is 655 g/mol. The van der Waals surface area contributed by atoms with Gasteiger partial charge in [0.15, 0.2) is 0 Å². The maximum absolute atomic E-state index is 13.6. The number of aromatic hydroxyl groups is 1. The maximum atomic E-state index is 13.6. The first-order valence-corrected chi connectivity index (χ1v) is 14.7.